The van der Waals surface area contributed by atoms with Crippen LogP contribution in [0.1, 0.15) is 48.8 Å². The SMILES string of the molecule is N#Cc1ccc2c(c1)C1(CCCCC1)c1ccc(-c3ccc(-c4nc(-c5ccccc5)nc(-c5ccccc5)n4)cc3)cc1-2. The number of nitrogens with zero attached hydrogens (tertiary/aromatic N) is 4. The fraction of sp³-hybridized carbons (Fsp3) is 0.150. The fourth-order valence-corrected chi connectivity index (χ4v) is 7.20. The van der Waals surface area contributed by atoms with Crippen LogP contribution in [0.2, 0.25) is 0 Å². The highest BCUT2D eigenvalue weighted by Crippen LogP contribution is 2.56. The van der Waals surface area contributed by atoms with Crippen molar-refractivity contribution in [3.05, 3.63) is 138 Å². The molecule has 2 aliphatic rings. The van der Waals surface area contributed by atoms with Gasteiger partial charge in [-0.3, -0.25) is 0 Å². The number of rotatable bonds is 4. The topological polar surface area (TPSA) is 62.5 Å². The molecule has 1 spiro atoms. The van der Waals surface area contributed by atoms with Crippen molar-refractivity contribution in [2.75, 3.05) is 0 Å². The molecule has 1 heterocycles. The van der Waals surface area contributed by atoms with Gasteiger partial charge in [0, 0.05) is 22.1 Å². The Hall–Kier alpha value is -5.40. The van der Waals surface area contributed by atoms with Crippen molar-refractivity contribution < 1.29 is 0 Å². The first kappa shape index (κ1) is 26.2. The number of nitriles is 1. The Labute approximate surface area is 257 Å². The molecule has 2 aliphatic carbocycles. The zero-order chi connectivity index (χ0) is 29.5. The Morgan fingerprint density at radius 1 is 0.477 bits per heavy atom. The monoisotopic (exact) mass is 566 g/mol. The van der Waals surface area contributed by atoms with Gasteiger partial charge in [0.2, 0.25) is 0 Å². The summed E-state index contributed by atoms with van der Waals surface area (Å²) in [6.07, 6.45) is 6.05. The molecule has 4 nitrogen and oxygen atoms in total. The van der Waals surface area contributed by atoms with E-state index in [2.05, 4.69) is 60.7 Å². The van der Waals surface area contributed by atoms with E-state index < -0.39 is 0 Å². The Balaban J connectivity index is 1.18. The third-order valence-electron chi connectivity index (χ3n) is 9.37. The lowest BCUT2D eigenvalue weighted by Gasteiger charge is -2.36. The normalized spacial score (nSPS) is 14.5. The summed E-state index contributed by atoms with van der Waals surface area (Å²) in [6, 6.07) is 44.3. The van der Waals surface area contributed by atoms with Gasteiger partial charge in [0.1, 0.15) is 0 Å². The van der Waals surface area contributed by atoms with Gasteiger partial charge >= 0.3 is 0 Å². The Morgan fingerprint density at radius 2 is 1.02 bits per heavy atom. The van der Waals surface area contributed by atoms with Crippen LogP contribution in [0.3, 0.4) is 0 Å². The Morgan fingerprint density at radius 3 is 1.61 bits per heavy atom. The Kier molecular flexibility index (Phi) is 6.38. The molecule has 5 aromatic carbocycles. The predicted octanol–water partition coefficient (Wildman–Crippen LogP) is 9.64. The Bertz CT molecular complexity index is 1980. The van der Waals surface area contributed by atoms with Crippen LogP contribution in [0.5, 0.6) is 0 Å². The number of aromatic nitrogens is 3. The minimum atomic E-state index is 0.0315. The molecule has 6 aromatic rings. The second kappa shape index (κ2) is 10.7. The fourth-order valence-electron chi connectivity index (χ4n) is 7.20. The van der Waals surface area contributed by atoms with Crippen LogP contribution in [0, 0.1) is 11.3 Å². The van der Waals surface area contributed by atoms with Crippen LogP contribution < -0.4 is 0 Å². The van der Waals surface area contributed by atoms with Gasteiger partial charge in [-0.05, 0) is 64.4 Å². The largest absolute Gasteiger partial charge is 0.208 e. The lowest BCUT2D eigenvalue weighted by atomic mass is 9.67. The molecule has 0 aliphatic heterocycles. The van der Waals surface area contributed by atoms with Crippen LogP contribution in [0.4, 0.5) is 0 Å². The van der Waals surface area contributed by atoms with Crippen molar-refractivity contribution in [3.8, 4) is 62.5 Å². The van der Waals surface area contributed by atoms with Crippen molar-refractivity contribution in [3.63, 3.8) is 0 Å². The van der Waals surface area contributed by atoms with E-state index in [4.69, 9.17) is 15.0 Å². The molecule has 0 saturated heterocycles. The van der Waals surface area contributed by atoms with Gasteiger partial charge in [-0.15, -0.1) is 0 Å². The average Bonchev–Trinajstić information content (AvgIpc) is 3.36. The molecule has 0 N–H and O–H groups in total. The molecule has 0 amide bonds. The van der Waals surface area contributed by atoms with Gasteiger partial charge < -0.3 is 0 Å². The first-order valence-electron chi connectivity index (χ1n) is 15.4. The van der Waals surface area contributed by atoms with Crippen molar-refractivity contribution in [1.82, 2.24) is 15.0 Å². The van der Waals surface area contributed by atoms with E-state index in [1.165, 1.54) is 47.1 Å². The summed E-state index contributed by atoms with van der Waals surface area (Å²) in [5, 5.41) is 9.65. The van der Waals surface area contributed by atoms with Crippen LogP contribution in [0.25, 0.3) is 56.4 Å². The first-order valence-corrected chi connectivity index (χ1v) is 15.4. The second-order valence-electron chi connectivity index (χ2n) is 11.9. The van der Waals surface area contributed by atoms with Crippen molar-refractivity contribution in [2.45, 2.75) is 37.5 Å². The highest BCUT2D eigenvalue weighted by atomic mass is 15.0. The van der Waals surface area contributed by atoms with E-state index >= 15 is 0 Å². The van der Waals surface area contributed by atoms with E-state index in [-0.39, 0.29) is 5.41 Å². The van der Waals surface area contributed by atoms with Crippen LogP contribution in [-0.2, 0) is 5.41 Å². The molecule has 0 unspecified atom stereocenters. The molecule has 0 bridgehead atoms. The van der Waals surface area contributed by atoms with Crippen molar-refractivity contribution >= 4 is 0 Å². The molecule has 44 heavy (non-hydrogen) atoms. The summed E-state index contributed by atoms with van der Waals surface area (Å²) in [5.74, 6) is 1.97. The van der Waals surface area contributed by atoms with Crippen LogP contribution in [-0.4, -0.2) is 15.0 Å². The minimum absolute atomic E-state index is 0.0315. The van der Waals surface area contributed by atoms with E-state index in [0.29, 0.717) is 17.5 Å². The molecule has 4 heteroatoms. The molecule has 1 aromatic heterocycles. The molecule has 210 valence electrons. The molecular formula is C40H30N4. The molecular weight excluding hydrogens is 536 g/mol. The second-order valence-corrected chi connectivity index (χ2v) is 11.9. The van der Waals surface area contributed by atoms with Gasteiger partial charge in [0.15, 0.2) is 17.5 Å². The van der Waals surface area contributed by atoms with E-state index in [0.717, 1.165) is 40.7 Å². The summed E-state index contributed by atoms with van der Waals surface area (Å²) in [6.45, 7) is 0. The van der Waals surface area contributed by atoms with E-state index in [9.17, 15) is 5.26 Å². The molecule has 1 saturated carbocycles. The smallest absolute Gasteiger partial charge is 0.164 e. The summed E-state index contributed by atoms with van der Waals surface area (Å²) in [7, 11) is 0. The maximum absolute atomic E-state index is 9.65. The van der Waals surface area contributed by atoms with Crippen LogP contribution in [0.15, 0.2) is 121 Å². The van der Waals surface area contributed by atoms with Gasteiger partial charge in [0.25, 0.3) is 0 Å². The lowest BCUT2D eigenvalue weighted by Crippen LogP contribution is -2.28. The molecule has 0 atom stereocenters. The highest BCUT2D eigenvalue weighted by molar-refractivity contribution is 5.85. The van der Waals surface area contributed by atoms with Gasteiger partial charge in [-0.2, -0.15) is 5.26 Å². The minimum Gasteiger partial charge on any atom is -0.208 e. The zero-order valence-electron chi connectivity index (χ0n) is 24.4. The van der Waals surface area contributed by atoms with Gasteiger partial charge in [0.05, 0.1) is 11.6 Å². The summed E-state index contributed by atoms with van der Waals surface area (Å²) in [5.41, 5.74) is 11.3. The van der Waals surface area contributed by atoms with Crippen molar-refractivity contribution in [2.24, 2.45) is 0 Å². The van der Waals surface area contributed by atoms with E-state index in [1.807, 2.05) is 66.7 Å². The zero-order valence-corrected chi connectivity index (χ0v) is 24.4. The predicted molar refractivity (Wildman–Crippen MR) is 176 cm³/mol. The summed E-state index contributed by atoms with van der Waals surface area (Å²) < 4.78 is 0. The van der Waals surface area contributed by atoms with Gasteiger partial charge in [-0.25, -0.2) is 15.0 Å². The number of benzene rings is 5. The summed E-state index contributed by atoms with van der Waals surface area (Å²) in [4.78, 5) is 14.6. The first-order chi connectivity index (χ1) is 21.7. The maximum atomic E-state index is 9.65. The molecule has 1 fully saturated rings. The van der Waals surface area contributed by atoms with Crippen LogP contribution >= 0.6 is 0 Å². The standard InChI is InChI=1S/C40H30N4/c41-26-27-14-20-33-34-25-32(19-21-35(34)40(36(33)24-27)22-8-3-9-23-40)28-15-17-31(18-16-28)39-43-37(29-10-4-1-5-11-29)42-38(44-39)30-12-6-2-7-13-30/h1-2,4-7,10-21,24-25H,3,8-9,22-23H2. The third-order valence-corrected chi connectivity index (χ3v) is 9.37. The number of hydrogen-bond donors (Lipinski definition) is 0. The molecule has 8 rings (SSSR count). The maximum Gasteiger partial charge on any atom is 0.164 e. The number of fused-ring (bicyclic) bond motifs is 5. The van der Waals surface area contributed by atoms with Gasteiger partial charge in [-0.1, -0.05) is 122 Å². The third kappa shape index (κ3) is 4.41. The van der Waals surface area contributed by atoms with Crippen molar-refractivity contribution in [1.29, 1.82) is 5.26 Å². The van der Waals surface area contributed by atoms with E-state index in [1.54, 1.807) is 0 Å². The quantitative estimate of drug-likeness (QED) is 0.213. The highest BCUT2D eigenvalue weighted by Gasteiger charge is 2.43. The molecule has 0 radical (unpaired) electrons. The number of hydrogen-bond acceptors (Lipinski definition) is 4. The lowest BCUT2D eigenvalue weighted by molar-refractivity contribution is 0.353. The average molecular weight is 567 g/mol. The summed E-state index contributed by atoms with van der Waals surface area (Å²) >= 11 is 0.